The molecular formula is C19H18BrClN4O3. The summed E-state index contributed by atoms with van der Waals surface area (Å²) >= 11 is 9.47. The molecule has 2 aromatic heterocycles. The number of halogens is 2. The second-order valence-corrected chi connectivity index (χ2v) is 7.73. The van der Waals surface area contributed by atoms with Crippen LogP contribution in [0.1, 0.15) is 19.7 Å². The maximum atomic E-state index is 12.8. The van der Waals surface area contributed by atoms with Crippen LogP contribution in [0.3, 0.4) is 0 Å². The van der Waals surface area contributed by atoms with Crippen LogP contribution in [0.5, 0.6) is 0 Å². The van der Waals surface area contributed by atoms with Gasteiger partial charge in [-0.15, -0.1) is 10.2 Å². The van der Waals surface area contributed by atoms with Crippen LogP contribution < -0.4 is 5.56 Å². The van der Waals surface area contributed by atoms with Gasteiger partial charge in [0.05, 0.1) is 17.1 Å². The van der Waals surface area contributed by atoms with Crippen molar-refractivity contribution in [1.29, 1.82) is 0 Å². The Hall–Kier alpha value is -2.45. The first-order chi connectivity index (χ1) is 13.3. The molecule has 7 nitrogen and oxygen atoms in total. The Morgan fingerprint density at radius 3 is 2.71 bits per heavy atom. The molecule has 0 spiro atoms. The average Bonchev–Trinajstić information content (AvgIpc) is 3.11. The summed E-state index contributed by atoms with van der Waals surface area (Å²) < 4.78 is 7.77. The number of pyridine rings is 1. The topological polar surface area (TPSA) is 81.2 Å². The maximum Gasteiger partial charge on any atom is 0.251 e. The lowest BCUT2D eigenvalue weighted by Gasteiger charge is -2.25. The van der Waals surface area contributed by atoms with Gasteiger partial charge >= 0.3 is 0 Å². The summed E-state index contributed by atoms with van der Waals surface area (Å²) in [5.74, 6) is 0.353. The van der Waals surface area contributed by atoms with Crippen LogP contribution in [-0.2, 0) is 17.9 Å². The van der Waals surface area contributed by atoms with Crippen molar-refractivity contribution in [1.82, 2.24) is 19.7 Å². The minimum atomic E-state index is -0.251. The van der Waals surface area contributed by atoms with Gasteiger partial charge < -0.3 is 13.9 Å². The van der Waals surface area contributed by atoms with E-state index in [1.807, 2.05) is 26.0 Å². The number of hydrogen-bond acceptors (Lipinski definition) is 5. The van der Waals surface area contributed by atoms with Crippen LogP contribution in [0.2, 0.25) is 5.02 Å². The van der Waals surface area contributed by atoms with Crippen molar-refractivity contribution in [2.45, 2.75) is 33.0 Å². The van der Waals surface area contributed by atoms with Crippen molar-refractivity contribution < 1.29 is 9.21 Å². The van der Waals surface area contributed by atoms with E-state index < -0.39 is 0 Å². The van der Waals surface area contributed by atoms with Gasteiger partial charge in [0.15, 0.2) is 0 Å². The Labute approximate surface area is 175 Å². The molecular weight excluding hydrogens is 448 g/mol. The van der Waals surface area contributed by atoms with Crippen LogP contribution >= 0.6 is 27.5 Å². The molecule has 0 aliphatic rings. The Morgan fingerprint density at radius 1 is 1.25 bits per heavy atom. The van der Waals surface area contributed by atoms with Crippen molar-refractivity contribution in [3.8, 4) is 11.5 Å². The van der Waals surface area contributed by atoms with Gasteiger partial charge in [-0.25, -0.2) is 0 Å². The summed E-state index contributed by atoms with van der Waals surface area (Å²) in [6.45, 7) is 3.82. The smallest absolute Gasteiger partial charge is 0.251 e. The number of benzene rings is 1. The van der Waals surface area contributed by atoms with E-state index in [2.05, 4.69) is 26.1 Å². The van der Waals surface area contributed by atoms with Crippen molar-refractivity contribution in [3.63, 3.8) is 0 Å². The van der Waals surface area contributed by atoms with Crippen LogP contribution in [0.15, 0.2) is 56.3 Å². The fourth-order valence-electron chi connectivity index (χ4n) is 2.63. The zero-order valence-corrected chi connectivity index (χ0v) is 17.6. The molecule has 0 bridgehead atoms. The van der Waals surface area contributed by atoms with E-state index in [0.29, 0.717) is 22.4 Å². The Morgan fingerprint density at radius 2 is 2.00 bits per heavy atom. The fourth-order valence-corrected chi connectivity index (χ4v) is 3.22. The van der Waals surface area contributed by atoms with Gasteiger partial charge in [0.1, 0.15) is 6.54 Å². The number of carbonyl (C=O) groups is 1. The van der Waals surface area contributed by atoms with E-state index >= 15 is 0 Å². The van der Waals surface area contributed by atoms with E-state index in [0.717, 1.165) is 4.47 Å². The molecule has 0 atom stereocenters. The minimum absolute atomic E-state index is 0.0814. The number of rotatable bonds is 6. The predicted molar refractivity (Wildman–Crippen MR) is 109 cm³/mol. The Kier molecular flexibility index (Phi) is 6.31. The first kappa shape index (κ1) is 20.3. The normalized spacial score (nSPS) is 11.0. The molecule has 0 saturated carbocycles. The number of nitrogens with zero attached hydrogens (tertiary/aromatic N) is 4. The van der Waals surface area contributed by atoms with Crippen LogP contribution in [0, 0.1) is 0 Å². The van der Waals surface area contributed by atoms with Gasteiger partial charge in [0.25, 0.3) is 5.56 Å². The minimum Gasteiger partial charge on any atom is -0.419 e. The van der Waals surface area contributed by atoms with Gasteiger partial charge in [0, 0.05) is 22.8 Å². The molecule has 146 valence electrons. The predicted octanol–water partition coefficient (Wildman–Crippen LogP) is 3.75. The number of carbonyl (C=O) groups excluding carboxylic acids is 1. The summed E-state index contributed by atoms with van der Waals surface area (Å²) in [4.78, 5) is 26.3. The lowest BCUT2D eigenvalue weighted by Crippen LogP contribution is -2.40. The first-order valence-corrected chi connectivity index (χ1v) is 9.75. The van der Waals surface area contributed by atoms with Crippen molar-refractivity contribution in [3.05, 3.63) is 68.3 Å². The van der Waals surface area contributed by atoms with Crippen molar-refractivity contribution in [2.24, 2.45) is 0 Å². The van der Waals surface area contributed by atoms with E-state index in [9.17, 15) is 9.59 Å². The highest BCUT2D eigenvalue weighted by Crippen LogP contribution is 2.26. The molecule has 0 radical (unpaired) electrons. The molecule has 1 aromatic carbocycles. The Bertz CT molecular complexity index is 1050. The van der Waals surface area contributed by atoms with E-state index in [4.69, 9.17) is 16.0 Å². The second kappa shape index (κ2) is 8.70. The lowest BCUT2D eigenvalue weighted by atomic mass is 10.2. The molecule has 0 unspecified atom stereocenters. The van der Waals surface area contributed by atoms with Gasteiger partial charge in [-0.2, -0.15) is 0 Å². The zero-order chi connectivity index (χ0) is 20.3. The third kappa shape index (κ3) is 4.69. The fraction of sp³-hybridized carbons (Fsp3) is 0.263. The maximum absolute atomic E-state index is 12.8. The summed E-state index contributed by atoms with van der Waals surface area (Å²) in [6.07, 6.45) is 1.58. The summed E-state index contributed by atoms with van der Waals surface area (Å²) in [6, 6.07) is 10.1. The highest BCUT2D eigenvalue weighted by molar-refractivity contribution is 9.10. The highest BCUT2D eigenvalue weighted by Gasteiger charge is 2.21. The quantitative estimate of drug-likeness (QED) is 0.554. The molecule has 0 aliphatic heterocycles. The third-order valence-corrected chi connectivity index (χ3v) is 4.87. The standard InChI is InChI=1S/C19H18BrClN4O3/c1-12(2)25(18(27)11-24-9-13(20)7-8-17(24)26)10-16-22-23-19(28-16)14-5-3-4-6-15(14)21/h3-9,12H,10-11H2,1-2H3. The molecule has 1 amide bonds. The summed E-state index contributed by atoms with van der Waals surface area (Å²) in [5, 5.41) is 8.56. The van der Waals surface area contributed by atoms with Crippen LogP contribution in [0.25, 0.3) is 11.5 Å². The number of hydrogen-bond donors (Lipinski definition) is 0. The van der Waals surface area contributed by atoms with Gasteiger partial charge in [0.2, 0.25) is 17.7 Å². The summed E-state index contributed by atoms with van der Waals surface area (Å²) in [5.41, 5.74) is 0.380. The molecule has 0 saturated heterocycles. The molecule has 2 heterocycles. The number of aromatic nitrogens is 3. The molecule has 0 aliphatic carbocycles. The zero-order valence-electron chi connectivity index (χ0n) is 15.3. The number of amides is 1. The van der Waals surface area contributed by atoms with Gasteiger partial charge in [-0.05, 0) is 48.0 Å². The summed E-state index contributed by atoms with van der Waals surface area (Å²) in [7, 11) is 0. The van der Waals surface area contributed by atoms with Crippen molar-refractivity contribution >= 4 is 33.4 Å². The van der Waals surface area contributed by atoms with E-state index in [1.165, 1.54) is 10.6 Å². The Balaban J connectivity index is 1.78. The van der Waals surface area contributed by atoms with Crippen LogP contribution in [0.4, 0.5) is 0 Å². The molecule has 9 heteroatoms. The molecule has 0 fully saturated rings. The second-order valence-electron chi connectivity index (χ2n) is 6.41. The largest absolute Gasteiger partial charge is 0.419 e. The van der Waals surface area contributed by atoms with Crippen LogP contribution in [-0.4, -0.2) is 31.6 Å². The third-order valence-electron chi connectivity index (χ3n) is 4.07. The van der Waals surface area contributed by atoms with E-state index in [1.54, 1.807) is 29.3 Å². The SMILES string of the molecule is CC(C)N(Cc1nnc(-c2ccccc2Cl)o1)C(=O)Cn1cc(Br)ccc1=O. The first-order valence-electron chi connectivity index (χ1n) is 8.58. The van der Waals surface area contributed by atoms with E-state index in [-0.39, 0.29) is 30.6 Å². The molecule has 28 heavy (non-hydrogen) atoms. The monoisotopic (exact) mass is 464 g/mol. The molecule has 3 aromatic rings. The molecule has 0 N–H and O–H groups in total. The molecule has 3 rings (SSSR count). The highest BCUT2D eigenvalue weighted by atomic mass is 79.9. The van der Waals surface area contributed by atoms with Gasteiger partial charge in [-0.1, -0.05) is 23.7 Å². The lowest BCUT2D eigenvalue weighted by molar-refractivity contribution is -0.134. The van der Waals surface area contributed by atoms with Crippen molar-refractivity contribution in [2.75, 3.05) is 0 Å². The van der Waals surface area contributed by atoms with Gasteiger partial charge in [-0.3, -0.25) is 9.59 Å². The average molecular weight is 466 g/mol.